The first-order valence-corrected chi connectivity index (χ1v) is 10.4. The van der Waals surface area contributed by atoms with E-state index in [4.69, 9.17) is 9.72 Å². The molecule has 2 heterocycles. The predicted molar refractivity (Wildman–Crippen MR) is 116 cm³/mol. The Bertz CT molecular complexity index is 1170. The van der Waals surface area contributed by atoms with E-state index in [0.717, 1.165) is 63.5 Å². The minimum absolute atomic E-state index is 0.0880. The molecule has 0 amide bonds. The van der Waals surface area contributed by atoms with E-state index in [1.807, 2.05) is 30.3 Å². The molecule has 29 heavy (non-hydrogen) atoms. The van der Waals surface area contributed by atoms with Gasteiger partial charge >= 0.3 is 0 Å². The van der Waals surface area contributed by atoms with Crippen molar-refractivity contribution in [1.82, 2.24) is 19.9 Å². The standard InChI is InChI=1S/C21H20BrN5O2/c22-13-7-12-10-23-21(26-14-1-6-17-18(9-14)25-11-24-17)27-20(12)19(8-13)29-16-4-2-15(28)3-5-16/h1,6-11,15-16,28H,2-5H2,(H,24,25)(H,23,26,27)/t15-,16+. The van der Waals surface area contributed by atoms with Crippen LogP contribution in [0.4, 0.5) is 11.6 Å². The van der Waals surface area contributed by atoms with Gasteiger partial charge in [0.25, 0.3) is 0 Å². The van der Waals surface area contributed by atoms with Crippen molar-refractivity contribution in [3.05, 3.63) is 47.3 Å². The van der Waals surface area contributed by atoms with Crippen molar-refractivity contribution in [2.24, 2.45) is 0 Å². The topological polar surface area (TPSA) is 96.0 Å². The van der Waals surface area contributed by atoms with E-state index in [-0.39, 0.29) is 12.2 Å². The number of halogens is 1. The number of rotatable bonds is 4. The molecule has 0 radical (unpaired) electrons. The summed E-state index contributed by atoms with van der Waals surface area (Å²) in [6.07, 6.45) is 6.58. The first-order valence-electron chi connectivity index (χ1n) is 9.65. The van der Waals surface area contributed by atoms with Gasteiger partial charge in [0, 0.05) is 21.7 Å². The molecule has 1 aliphatic rings. The van der Waals surface area contributed by atoms with E-state index in [2.05, 4.69) is 36.2 Å². The molecule has 2 aromatic carbocycles. The number of hydrogen-bond donors (Lipinski definition) is 3. The summed E-state index contributed by atoms with van der Waals surface area (Å²) in [5.41, 5.74) is 3.50. The van der Waals surface area contributed by atoms with Gasteiger partial charge in [-0.05, 0) is 56.0 Å². The molecule has 0 bridgehead atoms. The summed E-state index contributed by atoms with van der Waals surface area (Å²) < 4.78 is 7.20. The number of aliphatic hydroxyl groups excluding tert-OH is 1. The van der Waals surface area contributed by atoms with Crippen LogP contribution in [0.3, 0.4) is 0 Å². The normalized spacial score (nSPS) is 19.5. The number of aromatic nitrogens is 4. The molecule has 3 N–H and O–H groups in total. The molecule has 0 saturated heterocycles. The Morgan fingerprint density at radius 2 is 1.97 bits per heavy atom. The molecule has 5 rings (SSSR count). The number of ether oxygens (including phenoxy) is 1. The number of fused-ring (bicyclic) bond motifs is 2. The van der Waals surface area contributed by atoms with Crippen molar-refractivity contribution < 1.29 is 9.84 Å². The summed E-state index contributed by atoms with van der Waals surface area (Å²) in [5, 5.41) is 13.9. The third-order valence-corrected chi connectivity index (χ3v) is 5.68. The molecule has 148 valence electrons. The smallest absolute Gasteiger partial charge is 0.227 e. The highest BCUT2D eigenvalue weighted by atomic mass is 79.9. The average molecular weight is 454 g/mol. The van der Waals surface area contributed by atoms with Crippen LogP contribution in [-0.4, -0.2) is 37.3 Å². The zero-order chi connectivity index (χ0) is 19.8. The molecule has 1 fully saturated rings. The Morgan fingerprint density at radius 3 is 2.83 bits per heavy atom. The van der Waals surface area contributed by atoms with E-state index in [1.165, 1.54) is 0 Å². The van der Waals surface area contributed by atoms with Gasteiger partial charge in [-0.2, -0.15) is 0 Å². The van der Waals surface area contributed by atoms with E-state index in [9.17, 15) is 5.11 Å². The fourth-order valence-electron chi connectivity index (χ4n) is 3.71. The van der Waals surface area contributed by atoms with Gasteiger partial charge in [-0.3, -0.25) is 0 Å². The van der Waals surface area contributed by atoms with Crippen molar-refractivity contribution in [2.75, 3.05) is 5.32 Å². The summed E-state index contributed by atoms with van der Waals surface area (Å²) >= 11 is 3.55. The molecular weight excluding hydrogens is 434 g/mol. The Hall–Kier alpha value is -2.71. The monoisotopic (exact) mass is 453 g/mol. The Morgan fingerprint density at radius 1 is 1.10 bits per heavy atom. The molecule has 2 aromatic heterocycles. The van der Waals surface area contributed by atoms with Gasteiger partial charge in [0.05, 0.1) is 29.6 Å². The second-order valence-electron chi connectivity index (χ2n) is 7.34. The van der Waals surface area contributed by atoms with Gasteiger partial charge in [0.2, 0.25) is 5.95 Å². The minimum Gasteiger partial charge on any atom is -0.488 e. The van der Waals surface area contributed by atoms with Crippen LogP contribution < -0.4 is 10.1 Å². The zero-order valence-electron chi connectivity index (χ0n) is 15.6. The highest BCUT2D eigenvalue weighted by molar-refractivity contribution is 9.10. The predicted octanol–water partition coefficient (Wildman–Crippen LogP) is 4.69. The van der Waals surface area contributed by atoms with Crippen molar-refractivity contribution in [3.63, 3.8) is 0 Å². The van der Waals surface area contributed by atoms with Crippen LogP contribution in [0.25, 0.3) is 21.9 Å². The maximum Gasteiger partial charge on any atom is 0.227 e. The number of nitrogens with one attached hydrogen (secondary N) is 2. The first kappa shape index (κ1) is 18.3. The number of benzene rings is 2. The van der Waals surface area contributed by atoms with E-state index < -0.39 is 0 Å². The lowest BCUT2D eigenvalue weighted by molar-refractivity contribution is 0.0672. The SMILES string of the molecule is O[C@H]1CC[C@@H](Oc2cc(Br)cc3cnc(Nc4ccc5nc[nH]c5c4)nc23)CC1. The summed E-state index contributed by atoms with van der Waals surface area (Å²) in [5.74, 6) is 1.23. The maximum atomic E-state index is 9.74. The van der Waals surface area contributed by atoms with Gasteiger partial charge in [0.1, 0.15) is 11.3 Å². The summed E-state index contributed by atoms with van der Waals surface area (Å²) in [6.45, 7) is 0. The molecule has 0 spiro atoms. The van der Waals surface area contributed by atoms with Crippen molar-refractivity contribution >= 4 is 49.5 Å². The number of aromatic amines is 1. The molecule has 4 aromatic rings. The number of imidazole rings is 1. The zero-order valence-corrected chi connectivity index (χ0v) is 17.2. The minimum atomic E-state index is -0.209. The quantitative estimate of drug-likeness (QED) is 0.414. The first-order chi connectivity index (χ1) is 14.1. The molecule has 8 heteroatoms. The van der Waals surface area contributed by atoms with Gasteiger partial charge < -0.3 is 20.1 Å². The van der Waals surface area contributed by atoms with Gasteiger partial charge in [-0.1, -0.05) is 15.9 Å². The highest BCUT2D eigenvalue weighted by Gasteiger charge is 2.22. The Balaban J connectivity index is 1.45. The molecule has 0 aliphatic heterocycles. The molecular formula is C21H20BrN5O2. The molecule has 7 nitrogen and oxygen atoms in total. The van der Waals surface area contributed by atoms with Crippen LogP contribution in [-0.2, 0) is 0 Å². The maximum absolute atomic E-state index is 9.74. The lowest BCUT2D eigenvalue weighted by atomic mass is 9.95. The van der Waals surface area contributed by atoms with E-state index in [1.54, 1.807) is 12.5 Å². The number of H-pyrrole nitrogens is 1. The van der Waals surface area contributed by atoms with E-state index in [0.29, 0.717) is 5.95 Å². The number of anilines is 2. The molecule has 1 aliphatic carbocycles. The number of aliphatic hydroxyl groups is 1. The summed E-state index contributed by atoms with van der Waals surface area (Å²) in [6, 6.07) is 9.79. The van der Waals surface area contributed by atoms with Crippen LogP contribution in [0.1, 0.15) is 25.7 Å². The fraction of sp³-hybridized carbons (Fsp3) is 0.286. The van der Waals surface area contributed by atoms with Crippen LogP contribution in [0.5, 0.6) is 5.75 Å². The second-order valence-corrected chi connectivity index (χ2v) is 8.26. The number of nitrogens with zero attached hydrogens (tertiary/aromatic N) is 3. The molecule has 0 unspecified atom stereocenters. The Labute approximate surface area is 175 Å². The van der Waals surface area contributed by atoms with Crippen LogP contribution in [0, 0.1) is 0 Å². The van der Waals surface area contributed by atoms with Crippen LogP contribution in [0.15, 0.2) is 47.3 Å². The summed E-state index contributed by atoms with van der Waals surface area (Å²) in [7, 11) is 0. The largest absolute Gasteiger partial charge is 0.488 e. The molecule has 0 atom stereocenters. The van der Waals surface area contributed by atoms with Crippen LogP contribution >= 0.6 is 15.9 Å². The second kappa shape index (κ2) is 7.61. The lowest BCUT2D eigenvalue weighted by Gasteiger charge is -2.26. The Kier molecular flexibility index (Phi) is 4.81. The van der Waals surface area contributed by atoms with Crippen molar-refractivity contribution in [2.45, 2.75) is 37.9 Å². The van der Waals surface area contributed by atoms with Crippen molar-refractivity contribution in [1.29, 1.82) is 0 Å². The molecule has 1 saturated carbocycles. The summed E-state index contributed by atoms with van der Waals surface area (Å²) in [4.78, 5) is 16.5. The fourth-order valence-corrected chi connectivity index (χ4v) is 4.17. The van der Waals surface area contributed by atoms with Crippen molar-refractivity contribution in [3.8, 4) is 5.75 Å². The van der Waals surface area contributed by atoms with Gasteiger partial charge in [0.15, 0.2) is 0 Å². The third-order valence-electron chi connectivity index (χ3n) is 5.23. The average Bonchev–Trinajstić information content (AvgIpc) is 3.18. The van der Waals surface area contributed by atoms with Crippen LogP contribution in [0.2, 0.25) is 0 Å². The van der Waals surface area contributed by atoms with Gasteiger partial charge in [-0.25, -0.2) is 15.0 Å². The third kappa shape index (κ3) is 3.90. The lowest BCUT2D eigenvalue weighted by Crippen LogP contribution is -2.26. The van der Waals surface area contributed by atoms with Gasteiger partial charge in [-0.15, -0.1) is 0 Å². The van der Waals surface area contributed by atoms with E-state index >= 15 is 0 Å². The highest BCUT2D eigenvalue weighted by Crippen LogP contribution is 2.32. The number of hydrogen-bond acceptors (Lipinski definition) is 6.